The number of fused-ring (bicyclic) bond motifs is 1. The number of hydrogen-bond donors (Lipinski definition) is 0. The smallest absolute Gasteiger partial charge is 0.256 e. The van der Waals surface area contributed by atoms with Crippen LogP contribution in [0.4, 0.5) is 4.39 Å². The Morgan fingerprint density at radius 3 is 2.84 bits per heavy atom. The van der Waals surface area contributed by atoms with Crippen LogP contribution in [-0.2, 0) is 17.8 Å². The van der Waals surface area contributed by atoms with Crippen LogP contribution in [0.3, 0.4) is 0 Å². The van der Waals surface area contributed by atoms with Gasteiger partial charge in [0.1, 0.15) is 23.9 Å². The van der Waals surface area contributed by atoms with Gasteiger partial charge in [-0.15, -0.1) is 0 Å². The Morgan fingerprint density at radius 1 is 1.23 bits per heavy atom. The van der Waals surface area contributed by atoms with E-state index in [1.807, 2.05) is 4.90 Å². The fraction of sp³-hybridized carbons (Fsp3) is 0.348. The minimum Gasteiger partial charge on any atom is -0.473 e. The van der Waals surface area contributed by atoms with Gasteiger partial charge in [0, 0.05) is 31.2 Å². The van der Waals surface area contributed by atoms with Crippen molar-refractivity contribution in [2.75, 3.05) is 19.8 Å². The van der Waals surface area contributed by atoms with Crippen molar-refractivity contribution in [1.82, 2.24) is 15.0 Å². The second kappa shape index (κ2) is 8.11. The lowest BCUT2D eigenvalue weighted by atomic mass is 10.0. The van der Waals surface area contributed by atoms with E-state index in [1.165, 1.54) is 12.1 Å². The molecule has 4 heterocycles. The van der Waals surface area contributed by atoms with Crippen LogP contribution < -0.4 is 4.74 Å². The van der Waals surface area contributed by atoms with Gasteiger partial charge in [0.2, 0.25) is 5.88 Å². The molecule has 0 aliphatic carbocycles. The van der Waals surface area contributed by atoms with Gasteiger partial charge in [0.25, 0.3) is 5.91 Å². The number of amides is 1. The molecule has 1 aromatic carbocycles. The van der Waals surface area contributed by atoms with E-state index in [0.29, 0.717) is 49.1 Å². The van der Waals surface area contributed by atoms with Crippen molar-refractivity contribution in [2.24, 2.45) is 0 Å². The first-order chi connectivity index (χ1) is 15.1. The summed E-state index contributed by atoms with van der Waals surface area (Å²) >= 11 is 0. The van der Waals surface area contributed by atoms with Crippen molar-refractivity contribution in [2.45, 2.75) is 32.4 Å². The van der Waals surface area contributed by atoms with Crippen molar-refractivity contribution in [3.63, 3.8) is 0 Å². The molecular formula is C23H22FN3O4. The van der Waals surface area contributed by atoms with E-state index >= 15 is 0 Å². The monoisotopic (exact) mass is 423 g/mol. The number of halogens is 1. The Bertz CT molecular complexity index is 1110. The van der Waals surface area contributed by atoms with E-state index in [9.17, 15) is 9.18 Å². The summed E-state index contributed by atoms with van der Waals surface area (Å²) < 4.78 is 29.9. The number of benzene rings is 1. The van der Waals surface area contributed by atoms with E-state index in [4.69, 9.17) is 14.0 Å². The van der Waals surface area contributed by atoms with Crippen LogP contribution >= 0.6 is 0 Å². The molecule has 1 unspecified atom stereocenters. The Kier molecular flexibility index (Phi) is 5.15. The molecule has 3 aromatic rings. The van der Waals surface area contributed by atoms with Crippen LogP contribution in [0.15, 0.2) is 40.9 Å². The summed E-state index contributed by atoms with van der Waals surface area (Å²) in [4.78, 5) is 19.3. The molecule has 2 aliphatic heterocycles. The van der Waals surface area contributed by atoms with Crippen molar-refractivity contribution in [3.8, 4) is 17.1 Å². The summed E-state index contributed by atoms with van der Waals surface area (Å²) in [6.45, 7) is 3.95. The SMILES string of the molecule is Cc1onc(-c2ccc(F)cc2)c1COc1ccc2c(n1)CCN(C1CCOC1)C2=O. The molecule has 0 N–H and O–H groups in total. The maximum absolute atomic E-state index is 13.2. The summed E-state index contributed by atoms with van der Waals surface area (Å²) in [6, 6.07) is 9.72. The van der Waals surface area contributed by atoms with Crippen molar-refractivity contribution >= 4 is 5.91 Å². The lowest BCUT2D eigenvalue weighted by Gasteiger charge is -2.32. The standard InChI is InChI=1S/C23H22FN3O4/c1-14-19(22(26-31-14)15-2-4-16(24)5-3-15)13-30-21-7-6-18-20(25-21)8-10-27(23(18)28)17-9-11-29-12-17/h2-7,17H,8-13H2,1H3. The van der Waals surface area contributed by atoms with Gasteiger partial charge in [0.05, 0.1) is 29.5 Å². The van der Waals surface area contributed by atoms with Crippen LogP contribution in [0.25, 0.3) is 11.3 Å². The van der Waals surface area contributed by atoms with Crippen molar-refractivity contribution in [3.05, 3.63) is 64.8 Å². The molecule has 0 spiro atoms. The molecule has 2 aromatic heterocycles. The van der Waals surface area contributed by atoms with E-state index in [1.54, 1.807) is 31.2 Å². The molecule has 7 nitrogen and oxygen atoms in total. The first-order valence-corrected chi connectivity index (χ1v) is 10.3. The fourth-order valence-electron chi connectivity index (χ4n) is 4.09. The molecule has 0 bridgehead atoms. The molecule has 0 radical (unpaired) electrons. The molecule has 1 fully saturated rings. The van der Waals surface area contributed by atoms with E-state index in [-0.39, 0.29) is 24.4 Å². The summed E-state index contributed by atoms with van der Waals surface area (Å²) in [7, 11) is 0. The summed E-state index contributed by atoms with van der Waals surface area (Å²) in [6.07, 6.45) is 1.56. The van der Waals surface area contributed by atoms with Crippen molar-refractivity contribution in [1.29, 1.82) is 0 Å². The number of rotatable bonds is 5. The van der Waals surface area contributed by atoms with Crippen molar-refractivity contribution < 1.29 is 23.2 Å². The van der Waals surface area contributed by atoms with Gasteiger partial charge in [-0.05, 0) is 43.7 Å². The molecule has 8 heteroatoms. The first-order valence-electron chi connectivity index (χ1n) is 10.3. The lowest BCUT2D eigenvalue weighted by molar-refractivity contribution is 0.0633. The molecule has 1 atom stereocenters. The molecule has 2 aliphatic rings. The predicted octanol–water partition coefficient (Wildman–Crippen LogP) is 3.55. The van der Waals surface area contributed by atoms with Gasteiger partial charge in [-0.1, -0.05) is 5.16 Å². The Hall–Kier alpha value is -3.26. The second-order valence-corrected chi connectivity index (χ2v) is 7.77. The predicted molar refractivity (Wildman–Crippen MR) is 109 cm³/mol. The lowest BCUT2D eigenvalue weighted by Crippen LogP contribution is -2.45. The summed E-state index contributed by atoms with van der Waals surface area (Å²) in [5.74, 6) is 0.759. The normalized spacial score (nSPS) is 18.3. The maximum atomic E-state index is 13.2. The molecule has 31 heavy (non-hydrogen) atoms. The zero-order valence-corrected chi connectivity index (χ0v) is 17.1. The van der Waals surface area contributed by atoms with Crippen LogP contribution in [-0.4, -0.2) is 46.7 Å². The topological polar surface area (TPSA) is 77.7 Å². The van der Waals surface area contributed by atoms with Gasteiger partial charge < -0.3 is 18.9 Å². The largest absolute Gasteiger partial charge is 0.473 e. The molecular weight excluding hydrogens is 401 g/mol. The van der Waals surface area contributed by atoms with E-state index < -0.39 is 0 Å². The summed E-state index contributed by atoms with van der Waals surface area (Å²) in [5, 5.41) is 4.10. The average molecular weight is 423 g/mol. The molecule has 160 valence electrons. The Labute approximate surface area is 178 Å². The van der Waals surface area contributed by atoms with Gasteiger partial charge in [-0.3, -0.25) is 4.79 Å². The van der Waals surface area contributed by atoms with Crippen LogP contribution in [0.2, 0.25) is 0 Å². The minimum absolute atomic E-state index is 0.00396. The zero-order valence-electron chi connectivity index (χ0n) is 17.1. The van der Waals surface area contributed by atoms with Crippen LogP contribution in [0.1, 0.15) is 33.8 Å². The highest BCUT2D eigenvalue weighted by atomic mass is 19.1. The Balaban J connectivity index is 1.32. The second-order valence-electron chi connectivity index (χ2n) is 7.77. The molecule has 1 amide bonds. The summed E-state index contributed by atoms with van der Waals surface area (Å²) in [5.41, 5.74) is 3.50. The first kappa shape index (κ1) is 19.7. The number of aromatic nitrogens is 2. The third kappa shape index (κ3) is 3.79. The number of nitrogens with zero attached hydrogens (tertiary/aromatic N) is 3. The molecule has 5 rings (SSSR count). The van der Waals surface area contributed by atoms with Crippen LogP contribution in [0, 0.1) is 12.7 Å². The molecule has 0 saturated carbocycles. The quantitative estimate of drug-likeness (QED) is 0.625. The van der Waals surface area contributed by atoms with Gasteiger partial charge in [0.15, 0.2) is 0 Å². The number of hydrogen-bond acceptors (Lipinski definition) is 6. The third-order valence-electron chi connectivity index (χ3n) is 5.84. The Morgan fingerprint density at radius 2 is 2.06 bits per heavy atom. The highest BCUT2D eigenvalue weighted by molar-refractivity contribution is 5.96. The average Bonchev–Trinajstić information content (AvgIpc) is 3.43. The fourth-order valence-corrected chi connectivity index (χ4v) is 4.09. The highest BCUT2D eigenvalue weighted by Crippen LogP contribution is 2.28. The zero-order chi connectivity index (χ0) is 21.4. The third-order valence-corrected chi connectivity index (χ3v) is 5.84. The van der Waals surface area contributed by atoms with Gasteiger partial charge >= 0.3 is 0 Å². The number of pyridine rings is 1. The minimum atomic E-state index is -0.311. The highest BCUT2D eigenvalue weighted by Gasteiger charge is 2.33. The number of carbonyl (C=O) groups is 1. The number of ether oxygens (including phenoxy) is 2. The van der Waals surface area contributed by atoms with Crippen LogP contribution in [0.5, 0.6) is 5.88 Å². The maximum Gasteiger partial charge on any atom is 0.256 e. The van der Waals surface area contributed by atoms with Gasteiger partial charge in [-0.2, -0.15) is 0 Å². The number of aryl methyl sites for hydroxylation is 1. The van der Waals surface area contributed by atoms with E-state index in [2.05, 4.69) is 10.1 Å². The molecule has 1 saturated heterocycles. The van der Waals surface area contributed by atoms with E-state index in [0.717, 1.165) is 23.2 Å². The van der Waals surface area contributed by atoms with Gasteiger partial charge in [-0.25, -0.2) is 9.37 Å². The number of carbonyl (C=O) groups excluding carboxylic acids is 1.